The number of carbonyl (C=O) groups is 1. The number of hydrogen-bond acceptors (Lipinski definition) is 4. The summed E-state index contributed by atoms with van der Waals surface area (Å²) in [6.07, 6.45) is 2.79. The van der Waals surface area contributed by atoms with Crippen LogP contribution in [0.4, 0.5) is 17.1 Å². The Morgan fingerprint density at radius 1 is 0.758 bits per heavy atom. The minimum atomic E-state index is -4.04. The molecule has 0 fully saturated rings. The second-order valence-corrected chi connectivity index (χ2v) is 9.30. The summed E-state index contributed by atoms with van der Waals surface area (Å²) >= 11 is 0. The van der Waals surface area contributed by atoms with Gasteiger partial charge in [-0.25, -0.2) is 8.42 Å². The van der Waals surface area contributed by atoms with Gasteiger partial charge in [0.05, 0.1) is 5.69 Å². The van der Waals surface area contributed by atoms with Gasteiger partial charge >= 0.3 is 0 Å². The highest BCUT2D eigenvalue weighted by Crippen LogP contribution is 2.28. The van der Waals surface area contributed by atoms with E-state index in [1.807, 2.05) is 79.7 Å². The molecule has 1 heterocycles. The lowest BCUT2D eigenvalue weighted by Gasteiger charge is -2.28. The number of anilines is 3. The quantitative estimate of drug-likeness (QED) is 0.394. The highest BCUT2D eigenvalue weighted by Gasteiger charge is 2.30. The third kappa shape index (κ3) is 4.94. The Bertz CT molecular complexity index is 1270. The van der Waals surface area contributed by atoms with Crippen molar-refractivity contribution in [1.82, 2.24) is 4.98 Å². The van der Waals surface area contributed by atoms with E-state index in [4.69, 9.17) is 0 Å². The molecule has 166 valence electrons. The van der Waals surface area contributed by atoms with Gasteiger partial charge in [-0.2, -0.15) is 0 Å². The first kappa shape index (κ1) is 22.2. The number of carbonyl (C=O) groups excluding carboxylic acids is 1. The first-order valence-electron chi connectivity index (χ1n) is 10.4. The summed E-state index contributed by atoms with van der Waals surface area (Å²) in [5, 5.41) is 0. The SMILES string of the molecule is Cc1ccc(N(CC(=O)N(c2ccccc2)c2ccccc2)S(=O)(=O)c2cccnc2)cc1. The van der Waals surface area contributed by atoms with Gasteiger partial charge in [0.2, 0.25) is 0 Å². The molecule has 0 aliphatic heterocycles. The molecule has 0 bridgehead atoms. The first-order chi connectivity index (χ1) is 16.0. The fourth-order valence-corrected chi connectivity index (χ4v) is 4.82. The molecule has 4 rings (SSSR count). The Balaban J connectivity index is 1.77. The number of rotatable bonds is 7. The van der Waals surface area contributed by atoms with Gasteiger partial charge in [0.25, 0.3) is 15.9 Å². The van der Waals surface area contributed by atoms with Crippen molar-refractivity contribution in [2.45, 2.75) is 11.8 Å². The molecule has 0 unspecified atom stereocenters. The lowest BCUT2D eigenvalue weighted by molar-refractivity contribution is -0.116. The summed E-state index contributed by atoms with van der Waals surface area (Å²) in [5.41, 5.74) is 2.69. The van der Waals surface area contributed by atoms with Crippen molar-refractivity contribution >= 4 is 33.0 Å². The van der Waals surface area contributed by atoms with Crippen LogP contribution in [0.2, 0.25) is 0 Å². The molecule has 0 aliphatic rings. The van der Waals surface area contributed by atoms with E-state index in [0.29, 0.717) is 17.1 Å². The topological polar surface area (TPSA) is 70.6 Å². The fraction of sp³-hybridized carbons (Fsp3) is 0.0769. The third-order valence-electron chi connectivity index (χ3n) is 5.10. The maximum Gasteiger partial charge on any atom is 0.266 e. The van der Waals surface area contributed by atoms with Crippen LogP contribution in [0.25, 0.3) is 0 Å². The Labute approximate surface area is 193 Å². The highest BCUT2D eigenvalue weighted by atomic mass is 32.2. The Morgan fingerprint density at radius 3 is 1.85 bits per heavy atom. The number of hydrogen-bond donors (Lipinski definition) is 0. The molecule has 7 heteroatoms. The Morgan fingerprint density at radius 2 is 1.33 bits per heavy atom. The zero-order valence-electron chi connectivity index (χ0n) is 18.1. The van der Waals surface area contributed by atoms with Crippen LogP contribution >= 0.6 is 0 Å². The van der Waals surface area contributed by atoms with Crippen molar-refractivity contribution in [2.75, 3.05) is 15.7 Å². The van der Waals surface area contributed by atoms with Gasteiger partial charge in [-0.1, -0.05) is 54.1 Å². The molecule has 0 atom stereocenters. The molecule has 1 amide bonds. The standard InChI is InChI=1S/C26H23N3O3S/c1-21-14-16-22(17-15-21)28(33(31,32)25-13-8-18-27-19-25)20-26(30)29(23-9-4-2-5-10-23)24-11-6-3-7-12-24/h2-19H,20H2,1H3. The molecule has 0 radical (unpaired) electrons. The minimum absolute atomic E-state index is 0.0179. The summed E-state index contributed by atoms with van der Waals surface area (Å²) in [4.78, 5) is 19.2. The number of sulfonamides is 1. The molecule has 3 aromatic carbocycles. The smallest absolute Gasteiger partial charge is 0.266 e. The monoisotopic (exact) mass is 457 g/mol. The second kappa shape index (κ2) is 9.67. The molecule has 1 aromatic heterocycles. The zero-order valence-corrected chi connectivity index (χ0v) is 18.9. The molecule has 6 nitrogen and oxygen atoms in total. The third-order valence-corrected chi connectivity index (χ3v) is 6.86. The summed E-state index contributed by atoms with van der Waals surface area (Å²) in [7, 11) is -4.04. The van der Waals surface area contributed by atoms with E-state index in [2.05, 4.69) is 4.98 Å². The van der Waals surface area contributed by atoms with Gasteiger partial charge < -0.3 is 0 Å². The Hall–Kier alpha value is -3.97. The van der Waals surface area contributed by atoms with Crippen molar-refractivity contribution in [3.63, 3.8) is 0 Å². The van der Waals surface area contributed by atoms with E-state index < -0.39 is 10.0 Å². The van der Waals surface area contributed by atoms with Crippen LogP contribution in [0.5, 0.6) is 0 Å². The molecular formula is C26H23N3O3S. The maximum absolute atomic E-state index is 13.7. The lowest BCUT2D eigenvalue weighted by Crippen LogP contribution is -2.41. The van der Waals surface area contributed by atoms with E-state index in [-0.39, 0.29) is 17.3 Å². The van der Waals surface area contributed by atoms with Crippen molar-refractivity contribution < 1.29 is 13.2 Å². The normalized spacial score (nSPS) is 11.1. The molecule has 4 aromatic rings. The van der Waals surface area contributed by atoms with Gasteiger partial charge in [-0.15, -0.1) is 0 Å². The number of aryl methyl sites for hydroxylation is 1. The van der Waals surface area contributed by atoms with Gasteiger partial charge in [0, 0.05) is 23.8 Å². The largest absolute Gasteiger partial charge is 0.280 e. The summed E-state index contributed by atoms with van der Waals surface area (Å²) < 4.78 is 28.3. The van der Waals surface area contributed by atoms with Crippen LogP contribution in [0.15, 0.2) is 114 Å². The van der Waals surface area contributed by atoms with E-state index in [0.717, 1.165) is 9.87 Å². The van der Waals surface area contributed by atoms with Crippen LogP contribution < -0.4 is 9.21 Å². The van der Waals surface area contributed by atoms with Crippen LogP contribution in [-0.4, -0.2) is 25.9 Å². The highest BCUT2D eigenvalue weighted by molar-refractivity contribution is 7.92. The minimum Gasteiger partial charge on any atom is -0.280 e. The van der Waals surface area contributed by atoms with E-state index in [1.165, 1.54) is 23.4 Å². The molecule has 0 saturated heterocycles. The number of benzene rings is 3. The van der Waals surface area contributed by atoms with Gasteiger partial charge in [0.1, 0.15) is 11.4 Å². The molecule has 0 spiro atoms. The predicted molar refractivity (Wildman–Crippen MR) is 130 cm³/mol. The van der Waals surface area contributed by atoms with Crippen LogP contribution in [0.3, 0.4) is 0 Å². The fourth-order valence-electron chi connectivity index (χ4n) is 3.44. The van der Waals surface area contributed by atoms with E-state index in [1.54, 1.807) is 18.2 Å². The van der Waals surface area contributed by atoms with E-state index in [9.17, 15) is 13.2 Å². The number of nitrogens with zero attached hydrogens (tertiary/aromatic N) is 3. The number of para-hydroxylation sites is 2. The van der Waals surface area contributed by atoms with Crippen molar-refractivity contribution in [1.29, 1.82) is 0 Å². The first-order valence-corrected chi connectivity index (χ1v) is 11.8. The summed E-state index contributed by atoms with van der Waals surface area (Å²) in [6.45, 7) is 1.53. The van der Waals surface area contributed by atoms with Gasteiger partial charge in [-0.05, 0) is 55.5 Å². The van der Waals surface area contributed by atoms with Crippen LogP contribution in [-0.2, 0) is 14.8 Å². The predicted octanol–water partition coefficient (Wildman–Crippen LogP) is 4.95. The average Bonchev–Trinajstić information content (AvgIpc) is 2.85. The van der Waals surface area contributed by atoms with Crippen molar-refractivity contribution in [2.24, 2.45) is 0 Å². The molecule has 0 aliphatic carbocycles. The second-order valence-electron chi connectivity index (χ2n) is 7.44. The number of aromatic nitrogens is 1. The molecule has 0 N–H and O–H groups in total. The van der Waals surface area contributed by atoms with E-state index >= 15 is 0 Å². The Kier molecular flexibility index (Phi) is 6.51. The summed E-state index contributed by atoms with van der Waals surface area (Å²) in [6, 6.07) is 28.4. The van der Waals surface area contributed by atoms with Crippen LogP contribution in [0.1, 0.15) is 5.56 Å². The molecule has 33 heavy (non-hydrogen) atoms. The van der Waals surface area contributed by atoms with Crippen molar-refractivity contribution in [3.05, 3.63) is 115 Å². The van der Waals surface area contributed by atoms with Crippen LogP contribution in [0, 0.1) is 6.92 Å². The molecular weight excluding hydrogens is 434 g/mol. The van der Waals surface area contributed by atoms with Gasteiger partial charge in [0.15, 0.2) is 0 Å². The number of amides is 1. The maximum atomic E-state index is 13.7. The van der Waals surface area contributed by atoms with Gasteiger partial charge in [-0.3, -0.25) is 19.0 Å². The van der Waals surface area contributed by atoms with Crippen molar-refractivity contribution in [3.8, 4) is 0 Å². The zero-order chi connectivity index (χ0) is 23.3. The average molecular weight is 458 g/mol. The molecule has 0 saturated carbocycles. The number of pyridine rings is 1. The summed E-state index contributed by atoms with van der Waals surface area (Å²) in [5.74, 6) is -0.388. The lowest BCUT2D eigenvalue weighted by atomic mass is 10.2.